The Morgan fingerprint density at radius 1 is 1.11 bits per heavy atom. The Morgan fingerprint density at radius 3 is 2.39 bits per heavy atom. The number of nitrogens with one attached hydrogen (secondary N) is 1. The number of methoxy groups -OCH3 is 1. The summed E-state index contributed by atoms with van der Waals surface area (Å²) in [6.45, 7) is 16.4. The van der Waals surface area contributed by atoms with E-state index in [1.54, 1.807) is 39.0 Å². The summed E-state index contributed by atoms with van der Waals surface area (Å²) < 4.78 is 23.9. The molecule has 2 aliphatic heterocycles. The van der Waals surface area contributed by atoms with E-state index < -0.39 is 77.9 Å². The molecule has 1 amide bonds. The van der Waals surface area contributed by atoms with Gasteiger partial charge >= 0.3 is 11.9 Å². The van der Waals surface area contributed by atoms with Gasteiger partial charge in [-0.2, -0.15) is 0 Å². The van der Waals surface area contributed by atoms with Gasteiger partial charge in [-0.15, -0.1) is 0 Å². The first-order chi connectivity index (χ1) is 26.2. The molecule has 0 unspecified atom stereocenters. The molecule has 0 bridgehead atoms. The zero-order valence-electron chi connectivity index (χ0n) is 34.5. The number of allylic oxidation sites excluding steroid dienone is 7. The van der Waals surface area contributed by atoms with Crippen LogP contribution >= 0.6 is 0 Å². The van der Waals surface area contributed by atoms with Gasteiger partial charge in [0.15, 0.2) is 11.6 Å². The van der Waals surface area contributed by atoms with E-state index in [1.807, 2.05) is 53.7 Å². The molecule has 0 spiro atoms. The average molecular weight is 786 g/mol. The van der Waals surface area contributed by atoms with Crippen molar-refractivity contribution >= 4 is 23.6 Å². The van der Waals surface area contributed by atoms with Crippen molar-refractivity contribution in [1.29, 1.82) is 0 Å². The maximum atomic E-state index is 13.6. The van der Waals surface area contributed by atoms with Crippen LogP contribution in [0.5, 0.6) is 0 Å². The maximum Gasteiger partial charge on any atom is 0.334 e. The number of hydrogen-bond acceptors (Lipinski definition) is 12. The van der Waals surface area contributed by atoms with E-state index in [9.17, 15) is 39.6 Å². The molecule has 13 nitrogen and oxygen atoms in total. The Balaban J connectivity index is 1.87. The number of carbonyl (C=O) groups is 4. The van der Waals surface area contributed by atoms with Crippen LogP contribution in [-0.4, -0.2) is 93.6 Å². The van der Waals surface area contributed by atoms with E-state index in [0.29, 0.717) is 18.4 Å². The number of aliphatic hydroxyl groups is 4. The molecule has 3 rings (SSSR count). The van der Waals surface area contributed by atoms with Gasteiger partial charge in [-0.05, 0) is 45.6 Å². The fraction of sp³-hybridized carbons (Fsp3) is 0.628. The Morgan fingerprint density at radius 2 is 1.79 bits per heavy atom. The molecule has 1 saturated heterocycles. The van der Waals surface area contributed by atoms with Gasteiger partial charge in [0.05, 0.1) is 18.3 Å². The standard InChI is InChI=1S/C43H63NO12/c1-11-33-28(7)35(54-37(48)18-17-36(47)44-38-31(45)15-16-32(38)46)22-43(52,56-33)30(9)40(50)29(8)41-34(53-10)14-12-13-23(2)19-25(4)39(49)26(5)20-24(3)21-27(6)42(51)55-41/h12-14,17-18,20-21,25-26,28-30,33-35,39-41,45,49-50,52H,11,15-16,19,22H2,1-10H3,(H,44,47)/b14-12+,18-17+,23-13+,24-20-,27-21+/t25-,26+,28+,29-,30-,33-,34-,35-,39-,40+,41+,43-/m0/s1. The third-order valence-electron chi connectivity index (χ3n) is 11.3. The van der Waals surface area contributed by atoms with E-state index in [4.69, 9.17) is 18.9 Å². The van der Waals surface area contributed by atoms with E-state index in [0.717, 1.165) is 23.3 Å². The highest BCUT2D eigenvalue weighted by atomic mass is 16.6. The summed E-state index contributed by atoms with van der Waals surface area (Å²) in [5, 5.41) is 47.1. The van der Waals surface area contributed by atoms with Gasteiger partial charge in [-0.3, -0.25) is 9.59 Å². The molecule has 0 aromatic carbocycles. The van der Waals surface area contributed by atoms with E-state index in [1.165, 1.54) is 7.11 Å². The predicted octanol–water partition coefficient (Wildman–Crippen LogP) is 5.22. The van der Waals surface area contributed by atoms with Crippen molar-refractivity contribution in [3.05, 3.63) is 70.7 Å². The molecule has 0 aromatic rings. The Bertz CT molecular complexity index is 1620. The van der Waals surface area contributed by atoms with Crippen molar-refractivity contribution in [2.75, 3.05) is 7.11 Å². The summed E-state index contributed by atoms with van der Waals surface area (Å²) in [6.07, 6.45) is 6.74. The fourth-order valence-electron chi connectivity index (χ4n) is 7.75. The second kappa shape index (κ2) is 20.5. The second-order valence-corrected chi connectivity index (χ2v) is 15.9. The number of Topliss-reactive ketones (excluding diaryl/α,β-unsaturated/α-hetero) is 1. The topological polar surface area (TPSA) is 198 Å². The number of carbonyl (C=O) groups excluding carboxylic acids is 4. The van der Waals surface area contributed by atoms with Crippen LogP contribution in [0.15, 0.2) is 70.7 Å². The number of amides is 1. The molecule has 0 saturated carbocycles. The van der Waals surface area contributed by atoms with E-state index in [-0.39, 0.29) is 48.5 Å². The molecular formula is C43H63NO12. The minimum absolute atomic E-state index is 0.0259. The smallest absolute Gasteiger partial charge is 0.334 e. The lowest BCUT2D eigenvalue weighted by molar-refractivity contribution is -0.323. The molecule has 0 radical (unpaired) electrons. The third-order valence-corrected chi connectivity index (χ3v) is 11.3. The van der Waals surface area contributed by atoms with E-state index in [2.05, 4.69) is 5.32 Å². The number of ketones is 1. The van der Waals surface area contributed by atoms with Gasteiger partial charge in [-0.25, -0.2) is 9.59 Å². The molecule has 2 heterocycles. The summed E-state index contributed by atoms with van der Waals surface area (Å²) in [5.74, 6) is -7.30. The first-order valence-electron chi connectivity index (χ1n) is 19.6. The van der Waals surface area contributed by atoms with Crippen molar-refractivity contribution in [1.82, 2.24) is 5.32 Å². The lowest BCUT2D eigenvalue weighted by Gasteiger charge is -2.49. The molecule has 3 aliphatic rings. The number of aliphatic hydroxyl groups excluding tert-OH is 3. The molecule has 12 atom stereocenters. The van der Waals surface area contributed by atoms with Crippen molar-refractivity contribution < 1.29 is 58.6 Å². The molecule has 0 aromatic heterocycles. The molecule has 312 valence electrons. The normalized spacial score (nSPS) is 36.3. The van der Waals surface area contributed by atoms with Crippen LogP contribution in [-0.2, 0) is 38.1 Å². The molecule has 56 heavy (non-hydrogen) atoms. The quantitative estimate of drug-likeness (QED) is 0.143. The number of cyclic esters (lactones) is 1. The van der Waals surface area contributed by atoms with Gasteiger partial charge < -0.3 is 44.7 Å². The molecule has 1 fully saturated rings. The molecule has 13 heteroatoms. The highest BCUT2D eigenvalue weighted by Gasteiger charge is 2.52. The Kier molecular flexibility index (Phi) is 17.0. The van der Waals surface area contributed by atoms with E-state index >= 15 is 0 Å². The lowest BCUT2D eigenvalue weighted by atomic mass is 9.77. The zero-order chi connectivity index (χ0) is 42.1. The summed E-state index contributed by atoms with van der Waals surface area (Å²) in [5.41, 5.74) is 1.92. The number of rotatable bonds is 10. The van der Waals surface area contributed by atoms with Crippen LogP contribution in [0, 0.1) is 29.6 Å². The van der Waals surface area contributed by atoms with Crippen molar-refractivity contribution in [2.45, 2.75) is 137 Å². The monoisotopic (exact) mass is 785 g/mol. The van der Waals surface area contributed by atoms with Crippen LogP contribution < -0.4 is 5.32 Å². The Labute approximate surface area is 331 Å². The highest BCUT2D eigenvalue weighted by Crippen LogP contribution is 2.41. The summed E-state index contributed by atoms with van der Waals surface area (Å²) in [7, 11) is 1.47. The minimum Gasteiger partial charge on any atom is -0.510 e. The fourth-order valence-corrected chi connectivity index (χ4v) is 7.75. The summed E-state index contributed by atoms with van der Waals surface area (Å²) in [6, 6.07) is 0. The van der Waals surface area contributed by atoms with Gasteiger partial charge in [0.2, 0.25) is 5.91 Å². The largest absolute Gasteiger partial charge is 0.510 e. The van der Waals surface area contributed by atoms with Crippen LogP contribution in [0.25, 0.3) is 0 Å². The number of ether oxygens (including phenoxy) is 4. The maximum absolute atomic E-state index is 13.6. The molecule has 1 aliphatic carbocycles. The van der Waals surface area contributed by atoms with Gasteiger partial charge in [0.1, 0.15) is 29.8 Å². The predicted molar refractivity (Wildman–Crippen MR) is 209 cm³/mol. The third kappa shape index (κ3) is 12.1. The highest BCUT2D eigenvalue weighted by molar-refractivity contribution is 6.04. The van der Waals surface area contributed by atoms with Crippen LogP contribution in [0.1, 0.15) is 94.4 Å². The van der Waals surface area contributed by atoms with Gasteiger partial charge in [0, 0.05) is 67.8 Å². The molecular weight excluding hydrogens is 722 g/mol. The van der Waals surface area contributed by atoms with Crippen LogP contribution in [0.4, 0.5) is 0 Å². The molecule has 5 N–H and O–H groups in total. The van der Waals surface area contributed by atoms with Gasteiger partial charge in [-0.1, -0.05) is 77.0 Å². The van der Waals surface area contributed by atoms with Gasteiger partial charge in [0.25, 0.3) is 0 Å². The Hall–Kier alpha value is -3.88. The SMILES string of the molecule is CC[C@@H]1O[C@](O)([C@@H](C)[C@H](O)[C@H](C)[C@H]2OC(=O)/C(C)=C/C(C)=C\[C@@H](C)[C@@H](O)[C@@H](C)C/C(C)=C/C=C/[C@@H]2OC)C[C@H](OC(=O)/C=C/C(=O)NC2=C(O)CCC2=O)[C@@H]1C. The van der Waals surface area contributed by atoms with Crippen LogP contribution in [0.3, 0.4) is 0 Å². The second-order valence-electron chi connectivity index (χ2n) is 15.9. The summed E-state index contributed by atoms with van der Waals surface area (Å²) >= 11 is 0. The summed E-state index contributed by atoms with van der Waals surface area (Å²) in [4.78, 5) is 50.8. The van der Waals surface area contributed by atoms with Crippen molar-refractivity contribution in [3.63, 3.8) is 0 Å². The lowest BCUT2D eigenvalue weighted by Crippen LogP contribution is -2.58. The van der Waals surface area contributed by atoms with Crippen LogP contribution in [0.2, 0.25) is 0 Å². The van der Waals surface area contributed by atoms with Crippen molar-refractivity contribution in [2.24, 2.45) is 29.6 Å². The average Bonchev–Trinajstić information content (AvgIpc) is 3.46. The van der Waals surface area contributed by atoms with Crippen molar-refractivity contribution in [3.8, 4) is 0 Å². The zero-order valence-corrected chi connectivity index (χ0v) is 34.5. The number of hydrogen-bond donors (Lipinski definition) is 5. The first kappa shape index (κ1) is 46.5. The first-order valence-corrected chi connectivity index (χ1v) is 19.6. The number of esters is 2. The minimum atomic E-state index is -1.99.